The van der Waals surface area contributed by atoms with Gasteiger partial charge in [0.2, 0.25) is 0 Å². The molecule has 3 heterocycles. The van der Waals surface area contributed by atoms with E-state index in [2.05, 4.69) is 32.7 Å². The average molecular weight is 383 g/mol. The third-order valence-electron chi connectivity index (χ3n) is 3.12. The molecule has 7 heteroatoms. The Kier molecular flexibility index (Phi) is 3.00. The molecule has 0 spiro atoms. The molecule has 1 N–H and O–H groups in total. The van der Waals surface area contributed by atoms with Crippen LogP contribution >= 0.6 is 22.6 Å². The van der Waals surface area contributed by atoms with Crippen molar-refractivity contribution >= 4 is 39.7 Å². The van der Waals surface area contributed by atoms with Gasteiger partial charge in [0.15, 0.2) is 0 Å². The number of fused-ring (bicyclic) bond motifs is 1. The van der Waals surface area contributed by atoms with Gasteiger partial charge in [-0.1, -0.05) is 5.16 Å². The van der Waals surface area contributed by atoms with Gasteiger partial charge >= 0.3 is 6.09 Å². The molecule has 6 nitrogen and oxygen atoms in total. The normalized spacial score (nSPS) is 11.2. The van der Waals surface area contributed by atoms with Crippen molar-refractivity contribution in [3.8, 4) is 11.1 Å². The molecule has 0 fully saturated rings. The first-order chi connectivity index (χ1) is 9.49. The maximum Gasteiger partial charge on any atom is 0.416 e. The maximum absolute atomic E-state index is 11.3. The van der Waals surface area contributed by atoms with Crippen LogP contribution in [0.2, 0.25) is 0 Å². The number of carbonyl (C=O) groups is 1. The highest BCUT2D eigenvalue weighted by Crippen LogP contribution is 2.30. The lowest BCUT2D eigenvalue weighted by Gasteiger charge is -2.02. The van der Waals surface area contributed by atoms with Crippen molar-refractivity contribution in [2.45, 2.75) is 13.8 Å². The molecule has 0 unspecified atom stereocenters. The molecule has 0 amide bonds. The van der Waals surface area contributed by atoms with Crippen LogP contribution in [-0.4, -0.2) is 25.9 Å². The van der Waals surface area contributed by atoms with E-state index in [1.165, 1.54) is 4.57 Å². The summed E-state index contributed by atoms with van der Waals surface area (Å²) in [5.41, 5.74) is 3.63. The number of pyridine rings is 1. The molecule has 0 atom stereocenters. The van der Waals surface area contributed by atoms with Gasteiger partial charge in [-0.25, -0.2) is 9.36 Å². The van der Waals surface area contributed by atoms with Crippen LogP contribution in [-0.2, 0) is 0 Å². The Labute approximate surface area is 127 Å². The maximum atomic E-state index is 11.3. The first kappa shape index (κ1) is 13.1. The number of halogens is 1. The van der Waals surface area contributed by atoms with Crippen LogP contribution in [0.25, 0.3) is 22.2 Å². The number of aromatic nitrogens is 3. The molecular weight excluding hydrogens is 373 g/mol. The van der Waals surface area contributed by atoms with Crippen LogP contribution in [0.3, 0.4) is 0 Å². The summed E-state index contributed by atoms with van der Waals surface area (Å²) >= 11 is 2.07. The predicted octanol–water partition coefficient (Wildman–Crippen LogP) is 3.44. The topological polar surface area (TPSA) is 81.2 Å². The van der Waals surface area contributed by atoms with E-state index in [1.54, 1.807) is 18.5 Å². The quantitative estimate of drug-likeness (QED) is 0.652. The minimum absolute atomic E-state index is 0.555. The molecule has 102 valence electrons. The zero-order chi connectivity index (χ0) is 14.4. The van der Waals surface area contributed by atoms with Crippen LogP contribution in [0, 0.1) is 17.4 Å². The number of rotatable bonds is 1. The van der Waals surface area contributed by atoms with Crippen molar-refractivity contribution in [1.29, 1.82) is 0 Å². The summed E-state index contributed by atoms with van der Waals surface area (Å²) in [7, 11) is 0. The monoisotopic (exact) mass is 383 g/mol. The smallest absolute Gasteiger partial charge is 0.416 e. The molecule has 0 saturated carbocycles. The third kappa shape index (κ3) is 1.89. The summed E-state index contributed by atoms with van der Waals surface area (Å²) in [4.78, 5) is 15.6. The lowest BCUT2D eigenvalue weighted by Crippen LogP contribution is -2.05. The van der Waals surface area contributed by atoms with Gasteiger partial charge in [0.05, 0.1) is 14.8 Å². The highest BCUT2D eigenvalue weighted by Gasteiger charge is 2.17. The van der Waals surface area contributed by atoms with Gasteiger partial charge in [0.25, 0.3) is 0 Å². The standard InChI is InChI=1S/C13H10IN3O3/c1-6-11(7(2)20-16-6)8-3-10-12(15-4-8)9(14)5-17(10)13(18)19/h3-5H,1-2H3,(H,18,19). The third-order valence-corrected chi connectivity index (χ3v) is 3.91. The van der Waals surface area contributed by atoms with Gasteiger partial charge < -0.3 is 9.63 Å². The second-order valence-corrected chi connectivity index (χ2v) is 5.58. The second kappa shape index (κ2) is 4.58. The molecule has 0 aliphatic carbocycles. The summed E-state index contributed by atoms with van der Waals surface area (Å²) in [6, 6.07) is 1.80. The van der Waals surface area contributed by atoms with Crippen molar-refractivity contribution in [2.24, 2.45) is 0 Å². The van der Waals surface area contributed by atoms with Crippen LogP contribution in [0.15, 0.2) is 23.0 Å². The average Bonchev–Trinajstić information content (AvgIpc) is 2.90. The Morgan fingerprint density at radius 2 is 2.20 bits per heavy atom. The van der Waals surface area contributed by atoms with Crippen molar-refractivity contribution in [3.63, 3.8) is 0 Å². The molecular formula is C13H10IN3O3. The molecule has 3 aromatic rings. The molecule has 0 saturated heterocycles. The van der Waals surface area contributed by atoms with Gasteiger partial charge in [-0.15, -0.1) is 0 Å². The zero-order valence-corrected chi connectivity index (χ0v) is 12.9. The van der Waals surface area contributed by atoms with Gasteiger partial charge in [0.1, 0.15) is 11.3 Å². The predicted molar refractivity (Wildman–Crippen MR) is 80.8 cm³/mol. The van der Waals surface area contributed by atoms with Gasteiger partial charge in [-0.2, -0.15) is 0 Å². The van der Waals surface area contributed by atoms with Gasteiger partial charge in [-0.05, 0) is 42.5 Å². The first-order valence-electron chi connectivity index (χ1n) is 5.82. The van der Waals surface area contributed by atoms with Crippen LogP contribution in [0.1, 0.15) is 11.5 Å². The largest absolute Gasteiger partial charge is 0.464 e. The van der Waals surface area contributed by atoms with Crippen molar-refractivity contribution in [3.05, 3.63) is 33.5 Å². The molecule has 20 heavy (non-hydrogen) atoms. The number of nitrogens with zero attached hydrogens (tertiary/aromatic N) is 3. The first-order valence-corrected chi connectivity index (χ1v) is 6.90. The van der Waals surface area contributed by atoms with Crippen molar-refractivity contribution in [2.75, 3.05) is 0 Å². The van der Waals surface area contributed by atoms with Gasteiger partial charge in [-0.3, -0.25) is 4.98 Å². The lowest BCUT2D eigenvalue weighted by molar-refractivity contribution is 0.197. The van der Waals surface area contributed by atoms with E-state index in [4.69, 9.17) is 4.52 Å². The summed E-state index contributed by atoms with van der Waals surface area (Å²) in [5, 5.41) is 13.1. The lowest BCUT2D eigenvalue weighted by atomic mass is 10.1. The molecule has 3 aromatic heterocycles. The minimum Gasteiger partial charge on any atom is -0.464 e. The zero-order valence-electron chi connectivity index (χ0n) is 10.7. The fourth-order valence-corrected chi connectivity index (χ4v) is 2.95. The molecule has 0 aromatic carbocycles. The second-order valence-electron chi connectivity index (χ2n) is 4.42. The fraction of sp³-hybridized carbons (Fsp3) is 0.154. The van der Waals surface area contributed by atoms with E-state index >= 15 is 0 Å². The summed E-state index contributed by atoms with van der Waals surface area (Å²) < 4.78 is 7.11. The van der Waals surface area contributed by atoms with Crippen LogP contribution < -0.4 is 0 Å². The Morgan fingerprint density at radius 1 is 1.45 bits per heavy atom. The van der Waals surface area contributed by atoms with Gasteiger partial charge in [0, 0.05) is 23.5 Å². The SMILES string of the molecule is Cc1noc(C)c1-c1cnc2c(I)cn(C(=O)O)c2c1. The number of hydrogen-bond donors (Lipinski definition) is 1. The molecule has 0 radical (unpaired) electrons. The molecule has 0 bridgehead atoms. The number of aryl methyl sites for hydroxylation is 2. The van der Waals surface area contributed by atoms with Crippen molar-refractivity contribution < 1.29 is 14.4 Å². The Bertz CT molecular complexity index is 815. The van der Waals surface area contributed by atoms with E-state index in [1.807, 2.05) is 13.8 Å². The highest BCUT2D eigenvalue weighted by molar-refractivity contribution is 14.1. The van der Waals surface area contributed by atoms with E-state index in [9.17, 15) is 9.90 Å². The highest BCUT2D eigenvalue weighted by atomic mass is 127. The van der Waals surface area contributed by atoms with Crippen LogP contribution in [0.5, 0.6) is 0 Å². The molecule has 0 aliphatic rings. The summed E-state index contributed by atoms with van der Waals surface area (Å²) in [5.74, 6) is 0.687. The Morgan fingerprint density at radius 3 is 2.80 bits per heavy atom. The minimum atomic E-state index is -1.03. The van der Waals surface area contributed by atoms with E-state index < -0.39 is 6.09 Å². The molecule has 0 aliphatic heterocycles. The molecule has 3 rings (SSSR count). The van der Waals surface area contributed by atoms with Crippen molar-refractivity contribution in [1.82, 2.24) is 14.7 Å². The van der Waals surface area contributed by atoms with E-state index in [-0.39, 0.29) is 0 Å². The Balaban J connectivity index is 2.30. The fourth-order valence-electron chi connectivity index (χ4n) is 2.25. The number of hydrogen-bond acceptors (Lipinski definition) is 4. The van der Waals surface area contributed by atoms with E-state index in [0.29, 0.717) is 16.8 Å². The summed E-state index contributed by atoms with van der Waals surface area (Å²) in [6.07, 6.45) is 2.23. The number of carboxylic acid groups (broad SMARTS) is 1. The van der Waals surface area contributed by atoms with Crippen LogP contribution in [0.4, 0.5) is 4.79 Å². The van der Waals surface area contributed by atoms with E-state index in [0.717, 1.165) is 20.4 Å². The Hall–Kier alpha value is -1.90. The summed E-state index contributed by atoms with van der Waals surface area (Å²) in [6.45, 7) is 3.66.